The van der Waals surface area contributed by atoms with Gasteiger partial charge in [-0.15, -0.1) is 0 Å². The first kappa shape index (κ1) is 29.4. The molecule has 0 spiro atoms. The average Bonchev–Trinajstić information content (AvgIpc) is 2.86. The Labute approximate surface area is 227 Å². The number of likely N-dealkylation sites (N-methyl/N-ethyl adjacent to an activating group) is 1. The van der Waals surface area contributed by atoms with Crippen LogP contribution < -0.4 is 34.9 Å². The molecule has 2 atom stereocenters. The van der Waals surface area contributed by atoms with Gasteiger partial charge in [0.15, 0.2) is 17.0 Å². The van der Waals surface area contributed by atoms with E-state index in [1.54, 1.807) is 0 Å². The Balaban J connectivity index is 2.38. The van der Waals surface area contributed by atoms with Gasteiger partial charge >= 0.3 is 30.0 Å². The highest BCUT2D eigenvalue weighted by Gasteiger charge is 2.58. The van der Waals surface area contributed by atoms with E-state index in [4.69, 9.17) is 24.7 Å². The van der Waals surface area contributed by atoms with Crippen molar-refractivity contribution in [2.45, 2.75) is 32.5 Å². The molecule has 0 radical (unpaired) electrons. The van der Waals surface area contributed by atoms with E-state index in [9.17, 15) is 33.9 Å². The first-order valence-electron chi connectivity index (χ1n) is 11.5. The molecule has 3 rings (SSSR count). The molecule has 212 valence electrons. The number of hydrogen-bond donors (Lipinski definition) is 3. The molecule has 40 heavy (non-hydrogen) atoms. The Kier molecular flexibility index (Phi) is 8.29. The van der Waals surface area contributed by atoms with E-state index in [-0.39, 0.29) is 11.3 Å². The third-order valence-corrected chi connectivity index (χ3v) is 5.74. The third kappa shape index (κ3) is 5.49. The maximum absolute atomic E-state index is 13.8. The van der Waals surface area contributed by atoms with E-state index in [1.807, 2.05) is 0 Å². The molecule has 0 saturated carbocycles. The lowest BCUT2D eigenvalue weighted by Gasteiger charge is -2.49. The van der Waals surface area contributed by atoms with Crippen molar-refractivity contribution in [3.8, 4) is 23.0 Å². The van der Waals surface area contributed by atoms with Crippen LogP contribution in [0.1, 0.15) is 26.3 Å². The fraction of sp³-hybridized carbons (Fsp3) is 0.280. The van der Waals surface area contributed by atoms with Crippen LogP contribution in [-0.4, -0.2) is 66.3 Å². The summed E-state index contributed by atoms with van der Waals surface area (Å²) >= 11 is 0. The number of rotatable bonds is 7. The van der Waals surface area contributed by atoms with E-state index < -0.39 is 64.9 Å². The van der Waals surface area contributed by atoms with E-state index in [0.29, 0.717) is 10.6 Å². The zero-order valence-electron chi connectivity index (χ0n) is 22.0. The number of benzene rings is 2. The van der Waals surface area contributed by atoms with E-state index in [2.05, 4.69) is 5.32 Å². The van der Waals surface area contributed by atoms with Crippen LogP contribution in [0.15, 0.2) is 36.4 Å². The van der Waals surface area contributed by atoms with Gasteiger partial charge in [-0.2, -0.15) is 0 Å². The van der Waals surface area contributed by atoms with Crippen LogP contribution in [0, 0.1) is 0 Å². The zero-order valence-corrected chi connectivity index (χ0v) is 22.0. The van der Waals surface area contributed by atoms with E-state index in [1.165, 1.54) is 31.4 Å². The summed E-state index contributed by atoms with van der Waals surface area (Å²) in [5, 5.41) is 11.9. The number of carboxylic acid groups (broad SMARTS) is 1. The molecule has 2 aromatic carbocycles. The summed E-state index contributed by atoms with van der Waals surface area (Å²) < 4.78 is 20.6. The van der Waals surface area contributed by atoms with Crippen molar-refractivity contribution in [1.29, 1.82) is 0 Å². The topological polar surface area (TPSA) is 204 Å². The second-order valence-corrected chi connectivity index (χ2v) is 8.48. The van der Waals surface area contributed by atoms with Gasteiger partial charge < -0.3 is 35.1 Å². The largest absolute Gasteiger partial charge is 0.497 e. The van der Waals surface area contributed by atoms with Gasteiger partial charge in [0.25, 0.3) is 5.91 Å². The van der Waals surface area contributed by atoms with Crippen LogP contribution >= 0.6 is 0 Å². The molecular weight excluding hydrogens is 532 g/mol. The first-order valence-corrected chi connectivity index (χ1v) is 11.5. The number of nitrogens with two attached hydrogens (primary N) is 1. The van der Waals surface area contributed by atoms with Crippen molar-refractivity contribution >= 4 is 41.6 Å². The number of amides is 4. The number of esters is 3. The summed E-state index contributed by atoms with van der Waals surface area (Å²) in [5.74, 6) is -4.84. The smallest absolute Gasteiger partial charge is 0.405 e. The number of hydrogen-bond acceptors (Lipinski definition) is 11. The predicted molar refractivity (Wildman–Crippen MR) is 135 cm³/mol. The molecule has 1 saturated heterocycles. The lowest BCUT2D eigenvalue weighted by molar-refractivity contribution is -0.137. The van der Waals surface area contributed by atoms with Crippen molar-refractivity contribution < 1.29 is 52.8 Å². The molecule has 0 aromatic heterocycles. The van der Waals surface area contributed by atoms with E-state index in [0.717, 1.165) is 44.9 Å². The number of carbonyl (C=O) groups excluding carboxylic acids is 5. The van der Waals surface area contributed by atoms with Crippen LogP contribution in [0.25, 0.3) is 0 Å². The van der Waals surface area contributed by atoms with E-state index >= 15 is 0 Å². The van der Waals surface area contributed by atoms with Crippen LogP contribution in [0.5, 0.6) is 23.0 Å². The Hall–Kier alpha value is -5.18. The van der Waals surface area contributed by atoms with Gasteiger partial charge in [0, 0.05) is 33.5 Å². The molecule has 1 aliphatic heterocycles. The van der Waals surface area contributed by atoms with Gasteiger partial charge in [0.1, 0.15) is 11.9 Å². The fourth-order valence-electron chi connectivity index (χ4n) is 4.14. The van der Waals surface area contributed by atoms with Crippen molar-refractivity contribution in [2.75, 3.05) is 19.1 Å². The molecule has 1 heterocycles. The number of carbonyl (C=O) groups is 6. The quantitative estimate of drug-likeness (QED) is 0.325. The highest BCUT2D eigenvalue weighted by molar-refractivity contribution is 6.11. The second kappa shape index (κ2) is 11.3. The molecule has 4 amide bonds. The number of nitrogens with one attached hydrogen (secondary N) is 1. The van der Waals surface area contributed by atoms with Gasteiger partial charge in [-0.1, -0.05) is 0 Å². The number of anilines is 1. The van der Waals surface area contributed by atoms with Crippen LogP contribution in [0.3, 0.4) is 0 Å². The standard InChI is InChI=1S/C25H26N4O11/c1-12(30)38-18-10-15(11-19(39-13(2)31)20(18)40-14(3)32)25(27-23(34)35)21(26)29(24(36)28(4)22(25)33)16-6-8-17(37-5)9-7-16/h6-11,21,27H,26H2,1-5H3,(H,34,35). The zero-order chi connectivity index (χ0) is 29.9. The summed E-state index contributed by atoms with van der Waals surface area (Å²) in [6.45, 7) is 3.08. The SMILES string of the molecule is COc1ccc(N2C(=O)N(C)C(=O)C(NC(=O)O)(c3cc(OC(C)=O)c(OC(C)=O)c(OC(C)=O)c3)C2N)cc1. The summed E-state index contributed by atoms with van der Waals surface area (Å²) in [6, 6.07) is 7.09. The van der Waals surface area contributed by atoms with Crippen LogP contribution in [-0.2, 0) is 24.7 Å². The minimum Gasteiger partial charge on any atom is -0.497 e. The minimum atomic E-state index is -2.47. The number of methoxy groups -OCH3 is 1. The van der Waals surface area contributed by atoms with Gasteiger partial charge in [0.05, 0.1) is 7.11 Å². The average molecular weight is 559 g/mol. The normalized spacial score (nSPS) is 18.6. The molecule has 2 unspecified atom stereocenters. The van der Waals surface area contributed by atoms with Crippen molar-refractivity contribution in [3.63, 3.8) is 0 Å². The molecule has 15 nitrogen and oxygen atoms in total. The number of urea groups is 1. The van der Waals surface area contributed by atoms with Crippen molar-refractivity contribution in [2.24, 2.45) is 5.73 Å². The molecule has 4 N–H and O–H groups in total. The molecule has 2 aromatic rings. The summed E-state index contributed by atoms with van der Waals surface area (Å²) in [7, 11) is 2.54. The minimum absolute atomic E-state index is 0.172. The Morgan fingerprint density at radius 3 is 1.85 bits per heavy atom. The predicted octanol–water partition coefficient (Wildman–Crippen LogP) is 1.32. The first-order chi connectivity index (χ1) is 18.7. The van der Waals surface area contributed by atoms with Crippen LogP contribution in [0.2, 0.25) is 0 Å². The fourth-order valence-corrected chi connectivity index (χ4v) is 4.14. The maximum Gasteiger partial charge on any atom is 0.405 e. The van der Waals surface area contributed by atoms with Crippen molar-refractivity contribution in [1.82, 2.24) is 10.2 Å². The highest BCUT2D eigenvalue weighted by Crippen LogP contribution is 2.45. The third-order valence-electron chi connectivity index (χ3n) is 5.74. The number of imide groups is 1. The van der Waals surface area contributed by atoms with Crippen molar-refractivity contribution in [3.05, 3.63) is 42.0 Å². The molecule has 1 fully saturated rings. The molecule has 15 heteroatoms. The lowest BCUT2D eigenvalue weighted by atomic mass is 9.82. The molecule has 0 bridgehead atoms. The summed E-state index contributed by atoms with van der Waals surface area (Å²) in [6.07, 6.45) is -3.46. The Bertz CT molecular complexity index is 1350. The summed E-state index contributed by atoms with van der Waals surface area (Å²) in [5.41, 5.74) is 3.90. The molecule has 1 aliphatic rings. The Morgan fingerprint density at radius 2 is 1.43 bits per heavy atom. The second-order valence-electron chi connectivity index (χ2n) is 8.48. The lowest BCUT2D eigenvalue weighted by Crippen LogP contribution is -2.76. The maximum atomic E-state index is 13.8. The van der Waals surface area contributed by atoms with Gasteiger partial charge in [-0.3, -0.25) is 29.0 Å². The van der Waals surface area contributed by atoms with Gasteiger partial charge in [-0.25, -0.2) is 9.59 Å². The number of ether oxygens (including phenoxy) is 4. The molecule has 0 aliphatic carbocycles. The number of nitrogens with zero attached hydrogens (tertiary/aromatic N) is 2. The van der Waals surface area contributed by atoms with Gasteiger partial charge in [0.2, 0.25) is 5.75 Å². The van der Waals surface area contributed by atoms with Gasteiger partial charge in [-0.05, 0) is 42.0 Å². The molecular formula is C25H26N4O11. The van der Waals surface area contributed by atoms with Crippen LogP contribution in [0.4, 0.5) is 15.3 Å². The Morgan fingerprint density at radius 1 is 0.925 bits per heavy atom. The summed E-state index contributed by atoms with van der Waals surface area (Å²) in [4.78, 5) is 76.3. The highest BCUT2D eigenvalue weighted by atomic mass is 16.6. The monoisotopic (exact) mass is 558 g/mol.